The monoisotopic (exact) mass is 881 g/mol. The molecule has 50 heavy (non-hydrogen) atoms. The van der Waals surface area contributed by atoms with Crippen LogP contribution >= 0.6 is 60.8 Å². The first-order valence-corrected chi connectivity index (χ1v) is 30.3. The predicted octanol–water partition coefficient (Wildman–Crippen LogP) is 10.1. The summed E-state index contributed by atoms with van der Waals surface area (Å²) < 4.78 is 0. The molecule has 0 heterocycles. The molecule has 0 radical (unpaired) electrons. The maximum atomic E-state index is 4.94. The minimum absolute atomic E-state index is 0.373. The second-order valence-electron chi connectivity index (χ2n) is 11.9. The minimum Gasteiger partial charge on any atom is -0.0622 e. The van der Waals surface area contributed by atoms with Gasteiger partial charge in [-0.25, -0.2) is 0 Å². The maximum absolute atomic E-state index is 4.94. The van der Waals surface area contributed by atoms with Crippen LogP contribution in [0.15, 0.2) is 182 Å². The molecular weight excluding hydrogens is 838 g/mol. The molecule has 0 aliphatic rings. The van der Waals surface area contributed by atoms with Gasteiger partial charge in [0.05, 0.1) is 53.8 Å². The van der Waals surface area contributed by atoms with E-state index in [1.54, 1.807) is 10.6 Å². The van der Waals surface area contributed by atoms with Gasteiger partial charge in [-0.15, -0.1) is 0 Å². The predicted molar refractivity (Wildman–Crippen MR) is 235 cm³/mol. The average molecular weight is 883 g/mol. The van der Waals surface area contributed by atoms with Crippen molar-refractivity contribution >= 4 is 92.6 Å². The summed E-state index contributed by atoms with van der Waals surface area (Å²) in [7, 11) is 12.2. The number of benzene rings is 6. The number of hydrogen-bond donors (Lipinski definition) is 0. The first-order chi connectivity index (χ1) is 24.6. The fourth-order valence-electron chi connectivity index (χ4n) is 6.36. The summed E-state index contributed by atoms with van der Waals surface area (Å²) >= 11 is -1.66. The van der Waals surface area contributed by atoms with E-state index in [0.29, 0.717) is 0 Å². The van der Waals surface area contributed by atoms with Crippen molar-refractivity contribution in [2.75, 3.05) is 37.0 Å². The maximum Gasteiger partial charge on any atom is 0.100 e. The van der Waals surface area contributed by atoms with E-state index >= 15 is 0 Å². The molecule has 2 unspecified atom stereocenters. The van der Waals surface area contributed by atoms with Crippen molar-refractivity contribution in [3.05, 3.63) is 182 Å². The van der Waals surface area contributed by atoms with Crippen LogP contribution in [0.1, 0.15) is 0 Å². The number of halogens is 3. The third kappa shape index (κ3) is 13.2. The first-order valence-electron chi connectivity index (χ1n) is 16.9. The van der Waals surface area contributed by atoms with Gasteiger partial charge < -0.3 is 0 Å². The zero-order valence-electron chi connectivity index (χ0n) is 28.0. The third-order valence-electron chi connectivity index (χ3n) is 8.79. The van der Waals surface area contributed by atoms with Crippen molar-refractivity contribution in [1.82, 2.24) is 0 Å². The molecule has 8 heteroatoms. The van der Waals surface area contributed by atoms with Gasteiger partial charge in [-0.3, -0.25) is 0 Å². The van der Waals surface area contributed by atoms with Crippen molar-refractivity contribution in [3.8, 4) is 0 Å². The molecule has 0 aliphatic carbocycles. The molecule has 0 saturated carbocycles. The van der Waals surface area contributed by atoms with E-state index in [1.165, 1.54) is 58.2 Å². The summed E-state index contributed by atoms with van der Waals surface area (Å²) in [6.07, 6.45) is 7.90. The van der Waals surface area contributed by atoms with E-state index in [9.17, 15) is 0 Å². The number of rotatable bonds is 15. The van der Waals surface area contributed by atoms with Gasteiger partial charge in [-0.1, -0.05) is 133 Å². The summed E-state index contributed by atoms with van der Waals surface area (Å²) in [5.41, 5.74) is 0. The molecule has 0 N–H and O–H groups in total. The van der Waals surface area contributed by atoms with Gasteiger partial charge in [0.2, 0.25) is 0 Å². The van der Waals surface area contributed by atoms with Crippen LogP contribution in [-0.4, -0.2) is 37.0 Å². The number of hydrogen-bond acceptors (Lipinski definition) is 0. The Balaban J connectivity index is 0.00000115. The average Bonchev–Trinajstić information content (AvgIpc) is 3.17. The molecule has 6 rings (SSSR count). The van der Waals surface area contributed by atoms with Crippen LogP contribution < -0.4 is 31.8 Å². The molecule has 6 aromatic carbocycles. The van der Waals surface area contributed by atoms with Crippen molar-refractivity contribution < 1.29 is 13.0 Å². The molecule has 0 aromatic heterocycles. The van der Waals surface area contributed by atoms with Crippen molar-refractivity contribution in [2.24, 2.45) is 0 Å². The molecular formula is C42H45Cl3P4Rh+3. The Labute approximate surface area is 322 Å². The fraction of sp³-hybridized carbons (Fsp3) is 0.143. The quantitative estimate of drug-likeness (QED) is 0.0712. The summed E-state index contributed by atoms with van der Waals surface area (Å²) in [5, 5.41) is 9.30. The zero-order chi connectivity index (χ0) is 34.8. The normalized spacial score (nSPS) is 12.5. The zero-order valence-corrected chi connectivity index (χ0v) is 35.8. The van der Waals surface area contributed by atoms with Crippen LogP contribution in [0.3, 0.4) is 0 Å². The Morgan fingerprint density at radius 1 is 0.360 bits per heavy atom. The van der Waals surface area contributed by atoms with E-state index in [2.05, 4.69) is 182 Å². The van der Waals surface area contributed by atoms with E-state index < -0.39 is 36.7 Å². The Hall–Kier alpha value is -1.47. The van der Waals surface area contributed by atoms with Gasteiger partial charge in [-0.05, 0) is 67.1 Å². The first kappa shape index (κ1) is 39.7. The SMILES string of the molecule is [Cl][Rh]([Cl])[Cl].c1ccc(P(CC[PH+](CC[PH+](CC[PH+](c2ccccc2)c2ccccc2)c2ccccc2)c2ccccc2)c2ccccc2)cc1. The van der Waals surface area contributed by atoms with Crippen molar-refractivity contribution in [3.63, 3.8) is 0 Å². The van der Waals surface area contributed by atoms with Gasteiger partial charge >= 0.3 is 42.1 Å². The summed E-state index contributed by atoms with van der Waals surface area (Å²) in [6.45, 7) is 0. The molecule has 0 aliphatic heterocycles. The van der Waals surface area contributed by atoms with E-state index in [-0.39, 0.29) is 7.92 Å². The van der Waals surface area contributed by atoms with E-state index in [4.69, 9.17) is 29.1 Å². The Morgan fingerprint density at radius 3 is 1.00 bits per heavy atom. The standard InChI is InChI=1S/C42H42P4.3ClH.Rh/c1-7-19-37(20-8-1)43(33-35-45(39-23-11-3-12-24-39)40-25-13-4-14-26-40)31-32-44(38-21-9-2-10-22-38)34-36-46(41-27-15-5-16-28-41)42-29-17-6-18-30-42;;;;/h1-30H,31-36H2;3*1H;/q;;;;+3. The fourth-order valence-corrected chi connectivity index (χ4v) is 19.9. The summed E-state index contributed by atoms with van der Waals surface area (Å²) in [6, 6.07) is 68.3. The van der Waals surface area contributed by atoms with Crippen molar-refractivity contribution in [1.29, 1.82) is 0 Å². The van der Waals surface area contributed by atoms with Crippen LogP contribution in [0.25, 0.3) is 0 Å². The van der Waals surface area contributed by atoms with Crippen LogP contribution in [0.2, 0.25) is 0 Å². The Kier molecular flexibility index (Phi) is 17.9. The van der Waals surface area contributed by atoms with Gasteiger partial charge in [0.15, 0.2) is 0 Å². The molecule has 0 saturated heterocycles. The van der Waals surface area contributed by atoms with E-state index in [0.717, 1.165) is 0 Å². The molecule has 0 bridgehead atoms. The molecule has 2 atom stereocenters. The summed E-state index contributed by atoms with van der Waals surface area (Å²) in [5.74, 6) is 0. The van der Waals surface area contributed by atoms with Gasteiger partial charge in [0, 0.05) is 22.0 Å². The van der Waals surface area contributed by atoms with Crippen LogP contribution in [0.5, 0.6) is 0 Å². The van der Waals surface area contributed by atoms with Gasteiger partial charge in [0.25, 0.3) is 0 Å². The summed E-state index contributed by atoms with van der Waals surface area (Å²) in [4.78, 5) is 0. The molecule has 0 spiro atoms. The Morgan fingerprint density at radius 2 is 0.640 bits per heavy atom. The minimum atomic E-state index is -1.66. The second-order valence-corrected chi connectivity index (χ2v) is 29.8. The molecule has 0 nitrogen and oxygen atoms in total. The molecule has 6 aromatic rings. The van der Waals surface area contributed by atoms with Crippen LogP contribution in [0, 0.1) is 0 Å². The largest absolute Gasteiger partial charge is 0.100 e. The Bertz CT molecular complexity index is 1540. The topological polar surface area (TPSA) is 0 Å². The second kappa shape index (κ2) is 22.6. The van der Waals surface area contributed by atoms with Crippen LogP contribution in [-0.2, 0) is 13.0 Å². The van der Waals surface area contributed by atoms with E-state index in [1.807, 2.05) is 0 Å². The van der Waals surface area contributed by atoms with Crippen molar-refractivity contribution in [2.45, 2.75) is 0 Å². The van der Waals surface area contributed by atoms with Gasteiger partial charge in [-0.2, -0.15) is 0 Å². The van der Waals surface area contributed by atoms with Crippen LogP contribution in [0.4, 0.5) is 0 Å². The molecule has 260 valence electrons. The molecule has 0 amide bonds. The van der Waals surface area contributed by atoms with Gasteiger partial charge in [0.1, 0.15) is 6.16 Å². The smallest absolute Gasteiger partial charge is 0.0622 e. The molecule has 0 fully saturated rings. The third-order valence-corrected chi connectivity index (χ3v) is 21.2.